The predicted octanol–water partition coefficient (Wildman–Crippen LogP) is 2.93. The molecule has 0 amide bonds. The molecule has 1 aliphatic rings. The van der Waals surface area contributed by atoms with Gasteiger partial charge in [0, 0.05) is 5.75 Å². The first-order chi connectivity index (χ1) is 9.33. The monoisotopic (exact) mass is 279 g/mol. The lowest BCUT2D eigenvalue weighted by Gasteiger charge is -2.02. The largest absolute Gasteiger partial charge is 0.414 e. The molecule has 0 aliphatic carbocycles. The fourth-order valence-electron chi connectivity index (χ4n) is 2.07. The first-order valence-corrected chi connectivity index (χ1v) is 7.24. The van der Waals surface area contributed by atoms with E-state index in [0.29, 0.717) is 22.4 Å². The summed E-state index contributed by atoms with van der Waals surface area (Å²) in [6, 6.07) is 6.89. The molecule has 1 aromatic carbocycles. The van der Waals surface area contributed by atoms with E-state index in [2.05, 4.69) is 15.5 Å². The highest BCUT2D eigenvalue weighted by Gasteiger charge is 2.22. The summed E-state index contributed by atoms with van der Waals surface area (Å²) in [5.41, 5.74) is 0.645. The standard InChI is InChI=1S/C13H14FN3OS/c14-10-5-2-1-4-9(10)8-19-13-17-16-12(18-13)11-6-3-7-15-11/h1-2,4-5,11,15H,3,6-8H2/t11-/m1/s1. The fourth-order valence-corrected chi connectivity index (χ4v) is 2.83. The van der Waals surface area contributed by atoms with Gasteiger partial charge in [-0.1, -0.05) is 30.0 Å². The van der Waals surface area contributed by atoms with E-state index in [4.69, 9.17) is 4.42 Å². The molecule has 0 unspecified atom stereocenters. The lowest BCUT2D eigenvalue weighted by molar-refractivity contribution is 0.374. The molecule has 0 radical (unpaired) electrons. The molecule has 0 spiro atoms. The highest BCUT2D eigenvalue weighted by atomic mass is 32.2. The van der Waals surface area contributed by atoms with Crippen LogP contribution < -0.4 is 5.32 Å². The summed E-state index contributed by atoms with van der Waals surface area (Å²) in [4.78, 5) is 0. The highest BCUT2D eigenvalue weighted by Crippen LogP contribution is 2.27. The Morgan fingerprint density at radius 3 is 3.05 bits per heavy atom. The van der Waals surface area contributed by atoms with E-state index >= 15 is 0 Å². The van der Waals surface area contributed by atoms with Gasteiger partial charge in [-0.3, -0.25) is 0 Å². The van der Waals surface area contributed by atoms with Gasteiger partial charge in [0.05, 0.1) is 6.04 Å². The van der Waals surface area contributed by atoms with Crippen molar-refractivity contribution in [2.75, 3.05) is 6.54 Å². The van der Waals surface area contributed by atoms with Crippen molar-refractivity contribution in [1.29, 1.82) is 0 Å². The molecule has 6 heteroatoms. The average molecular weight is 279 g/mol. The smallest absolute Gasteiger partial charge is 0.276 e. The van der Waals surface area contributed by atoms with Crippen molar-refractivity contribution in [1.82, 2.24) is 15.5 Å². The molecule has 0 saturated carbocycles. The molecule has 1 fully saturated rings. The number of thioether (sulfide) groups is 1. The average Bonchev–Trinajstić information content (AvgIpc) is 3.09. The molecule has 3 rings (SSSR count). The van der Waals surface area contributed by atoms with E-state index < -0.39 is 0 Å². The van der Waals surface area contributed by atoms with E-state index in [0.717, 1.165) is 19.4 Å². The van der Waals surface area contributed by atoms with Crippen molar-refractivity contribution in [2.45, 2.75) is 29.9 Å². The lowest BCUT2D eigenvalue weighted by Crippen LogP contribution is -2.12. The van der Waals surface area contributed by atoms with Crippen LogP contribution in [0.1, 0.15) is 30.3 Å². The van der Waals surface area contributed by atoms with Gasteiger partial charge in [-0.15, -0.1) is 10.2 Å². The predicted molar refractivity (Wildman–Crippen MR) is 70.2 cm³/mol. The maximum Gasteiger partial charge on any atom is 0.276 e. The van der Waals surface area contributed by atoms with E-state index in [1.165, 1.54) is 17.8 Å². The van der Waals surface area contributed by atoms with Crippen LogP contribution in [0.2, 0.25) is 0 Å². The molecule has 2 aromatic rings. The molecule has 1 aliphatic heterocycles. The minimum absolute atomic E-state index is 0.176. The van der Waals surface area contributed by atoms with Crippen LogP contribution in [-0.4, -0.2) is 16.7 Å². The van der Waals surface area contributed by atoms with Crippen LogP contribution >= 0.6 is 11.8 Å². The number of nitrogens with one attached hydrogen (secondary N) is 1. The summed E-state index contributed by atoms with van der Waals surface area (Å²) >= 11 is 1.36. The third-order valence-corrected chi connectivity index (χ3v) is 3.96. The lowest BCUT2D eigenvalue weighted by atomic mass is 10.2. The van der Waals surface area contributed by atoms with Crippen molar-refractivity contribution >= 4 is 11.8 Å². The maximum absolute atomic E-state index is 13.5. The maximum atomic E-state index is 13.5. The fraction of sp³-hybridized carbons (Fsp3) is 0.385. The second-order valence-corrected chi connectivity index (χ2v) is 5.36. The van der Waals surface area contributed by atoms with Gasteiger partial charge in [0.25, 0.3) is 5.22 Å². The Bertz CT molecular complexity index is 554. The number of aromatic nitrogens is 2. The molecule has 0 bridgehead atoms. The molecular weight excluding hydrogens is 265 g/mol. The van der Waals surface area contributed by atoms with Crippen molar-refractivity contribution < 1.29 is 8.81 Å². The first kappa shape index (κ1) is 12.6. The van der Waals surface area contributed by atoms with Gasteiger partial charge in [-0.25, -0.2) is 4.39 Å². The Morgan fingerprint density at radius 1 is 1.37 bits per heavy atom. The second kappa shape index (κ2) is 5.71. The molecule has 1 saturated heterocycles. The number of rotatable bonds is 4. The topological polar surface area (TPSA) is 51.0 Å². The summed E-state index contributed by atoms with van der Waals surface area (Å²) < 4.78 is 19.0. The van der Waals surface area contributed by atoms with Crippen molar-refractivity contribution in [3.63, 3.8) is 0 Å². The minimum atomic E-state index is -0.202. The Morgan fingerprint density at radius 2 is 2.26 bits per heavy atom. The number of nitrogens with zero attached hydrogens (tertiary/aromatic N) is 2. The molecule has 1 aromatic heterocycles. The molecule has 4 nitrogen and oxygen atoms in total. The number of hydrogen-bond donors (Lipinski definition) is 1. The quantitative estimate of drug-likeness (QED) is 0.872. The van der Waals surface area contributed by atoms with Crippen LogP contribution in [0.4, 0.5) is 4.39 Å². The summed E-state index contributed by atoms with van der Waals surface area (Å²) in [5.74, 6) is 0.924. The Labute approximate surface area is 114 Å². The molecule has 1 atom stereocenters. The number of halogens is 1. The number of hydrogen-bond acceptors (Lipinski definition) is 5. The summed E-state index contributed by atoms with van der Waals surface area (Å²) in [6.07, 6.45) is 2.16. The molecule has 2 heterocycles. The second-order valence-electron chi connectivity index (χ2n) is 4.44. The zero-order chi connectivity index (χ0) is 13.1. The van der Waals surface area contributed by atoms with E-state index in [1.54, 1.807) is 12.1 Å². The van der Waals surface area contributed by atoms with Crippen molar-refractivity contribution in [3.8, 4) is 0 Å². The molecule has 1 N–H and O–H groups in total. The molecular formula is C13H14FN3OS. The van der Waals surface area contributed by atoms with E-state index in [1.807, 2.05) is 6.07 Å². The summed E-state index contributed by atoms with van der Waals surface area (Å²) in [6.45, 7) is 0.991. The zero-order valence-corrected chi connectivity index (χ0v) is 11.1. The Hall–Kier alpha value is -1.40. The Balaban J connectivity index is 1.63. The molecule has 100 valence electrons. The van der Waals surface area contributed by atoms with Gasteiger partial charge in [0.1, 0.15) is 5.82 Å². The normalized spacial score (nSPS) is 18.9. The third-order valence-electron chi connectivity index (χ3n) is 3.09. The van der Waals surface area contributed by atoms with Crippen LogP contribution in [0.3, 0.4) is 0 Å². The van der Waals surface area contributed by atoms with Gasteiger partial charge in [0.15, 0.2) is 0 Å². The highest BCUT2D eigenvalue weighted by molar-refractivity contribution is 7.98. The van der Waals surface area contributed by atoms with Gasteiger partial charge >= 0.3 is 0 Å². The minimum Gasteiger partial charge on any atom is -0.414 e. The van der Waals surface area contributed by atoms with Gasteiger partial charge in [-0.05, 0) is 31.0 Å². The Kier molecular flexibility index (Phi) is 3.79. The third kappa shape index (κ3) is 2.96. The van der Waals surface area contributed by atoms with Gasteiger partial charge < -0.3 is 9.73 Å². The van der Waals surface area contributed by atoms with Gasteiger partial charge in [0.2, 0.25) is 5.89 Å². The van der Waals surface area contributed by atoms with Gasteiger partial charge in [-0.2, -0.15) is 0 Å². The number of benzene rings is 1. The SMILES string of the molecule is Fc1ccccc1CSc1nnc([C@H]2CCCN2)o1. The van der Waals surface area contributed by atoms with Crippen molar-refractivity contribution in [3.05, 3.63) is 41.5 Å². The van der Waals surface area contributed by atoms with Crippen LogP contribution in [0.15, 0.2) is 33.9 Å². The van der Waals surface area contributed by atoms with E-state index in [-0.39, 0.29) is 11.9 Å². The summed E-state index contributed by atoms with van der Waals surface area (Å²) in [5, 5.41) is 11.8. The van der Waals surface area contributed by atoms with Crippen LogP contribution in [0.5, 0.6) is 0 Å². The van der Waals surface area contributed by atoms with E-state index in [9.17, 15) is 4.39 Å². The summed E-state index contributed by atoms with van der Waals surface area (Å²) in [7, 11) is 0. The van der Waals surface area contributed by atoms with Crippen LogP contribution in [0.25, 0.3) is 0 Å². The first-order valence-electron chi connectivity index (χ1n) is 6.26. The van der Waals surface area contributed by atoms with Crippen molar-refractivity contribution in [2.24, 2.45) is 0 Å². The van der Waals surface area contributed by atoms with Crippen LogP contribution in [-0.2, 0) is 5.75 Å². The van der Waals surface area contributed by atoms with Crippen LogP contribution in [0, 0.1) is 5.82 Å². The zero-order valence-electron chi connectivity index (χ0n) is 10.3. The molecule has 19 heavy (non-hydrogen) atoms.